The van der Waals surface area contributed by atoms with Crippen molar-refractivity contribution in [2.75, 3.05) is 18.9 Å². The molecule has 4 unspecified atom stereocenters. The number of aliphatic hydroxyl groups excluding tert-OH is 1. The highest BCUT2D eigenvalue weighted by atomic mass is 32.1. The summed E-state index contributed by atoms with van der Waals surface area (Å²) in [6.45, 7) is 2.68. The van der Waals surface area contributed by atoms with E-state index < -0.39 is 60.4 Å². The second kappa shape index (κ2) is 14.4. The number of carbonyl (C=O) groups excluding carboxylic acids is 3. The van der Waals surface area contributed by atoms with E-state index in [2.05, 4.69) is 33.6 Å². The molecule has 0 aliphatic rings. The summed E-state index contributed by atoms with van der Waals surface area (Å²) in [6.07, 6.45) is 0.491. The Labute approximate surface area is 186 Å². The van der Waals surface area contributed by atoms with Crippen molar-refractivity contribution in [2.45, 2.75) is 50.9 Å². The first kappa shape index (κ1) is 28.4. The maximum Gasteiger partial charge on any atom is 0.328 e. The SMILES string of the molecule is CC(C)C(NC(=O)C(CCCN=C(N)N)NC(=O)C(N)CS)C(=O)NC(CO)C(=O)O. The van der Waals surface area contributed by atoms with E-state index in [1.165, 1.54) is 0 Å². The number of rotatable bonds is 14. The zero-order valence-corrected chi connectivity index (χ0v) is 18.5. The molecule has 0 spiro atoms. The third-order valence-electron chi connectivity index (χ3n) is 4.16. The zero-order chi connectivity index (χ0) is 24.1. The number of hydrogen-bond acceptors (Lipinski definition) is 8. The number of amides is 3. The number of nitrogens with zero attached hydrogens (tertiary/aromatic N) is 1. The molecular formula is C17H33N7O6S. The lowest BCUT2D eigenvalue weighted by Gasteiger charge is -2.26. The van der Waals surface area contributed by atoms with Crippen molar-refractivity contribution in [1.29, 1.82) is 0 Å². The van der Waals surface area contributed by atoms with Gasteiger partial charge in [-0.2, -0.15) is 12.6 Å². The summed E-state index contributed by atoms with van der Waals surface area (Å²) < 4.78 is 0. The number of carboxylic acid groups (broad SMARTS) is 1. The summed E-state index contributed by atoms with van der Waals surface area (Å²) in [5.41, 5.74) is 16.2. The van der Waals surface area contributed by atoms with Crippen LogP contribution >= 0.6 is 12.6 Å². The molecule has 0 bridgehead atoms. The number of carboxylic acids is 1. The van der Waals surface area contributed by atoms with Crippen LogP contribution in [-0.2, 0) is 19.2 Å². The van der Waals surface area contributed by atoms with Crippen LogP contribution in [0.4, 0.5) is 0 Å². The number of aliphatic hydroxyl groups is 1. The standard InChI is InChI=1S/C17H33N7O6S/c1-8(2)12(15(28)23-11(6-25)16(29)30)24-14(27)10(4-3-5-21-17(19)20)22-13(26)9(18)7-31/h8-12,25,31H,3-7,18H2,1-2H3,(H,22,26)(H,23,28)(H,24,27)(H,29,30)(H4,19,20,21). The second-order valence-electron chi connectivity index (χ2n) is 7.11. The molecule has 0 aliphatic heterocycles. The van der Waals surface area contributed by atoms with Gasteiger partial charge < -0.3 is 43.4 Å². The van der Waals surface area contributed by atoms with Gasteiger partial charge in [0.2, 0.25) is 17.7 Å². The van der Waals surface area contributed by atoms with Gasteiger partial charge in [-0.05, 0) is 18.8 Å². The van der Waals surface area contributed by atoms with E-state index in [0.29, 0.717) is 6.42 Å². The molecule has 0 aromatic rings. The molecule has 0 rings (SSSR count). The summed E-state index contributed by atoms with van der Waals surface area (Å²) in [5.74, 6) is -3.96. The normalized spacial score (nSPS) is 14.6. The van der Waals surface area contributed by atoms with Crippen molar-refractivity contribution in [2.24, 2.45) is 28.1 Å². The molecule has 4 atom stereocenters. The monoisotopic (exact) mass is 463 g/mol. The quantitative estimate of drug-likeness (QED) is 0.0536. The van der Waals surface area contributed by atoms with E-state index in [0.717, 1.165) is 0 Å². The molecule has 13 nitrogen and oxygen atoms in total. The highest BCUT2D eigenvalue weighted by Crippen LogP contribution is 2.06. The van der Waals surface area contributed by atoms with E-state index in [4.69, 9.17) is 27.4 Å². The molecule has 0 aliphatic carbocycles. The molecule has 3 amide bonds. The maximum absolute atomic E-state index is 12.8. The van der Waals surface area contributed by atoms with Crippen molar-refractivity contribution < 1.29 is 29.4 Å². The molecule has 11 N–H and O–H groups in total. The lowest BCUT2D eigenvalue weighted by Crippen LogP contribution is -2.59. The Morgan fingerprint density at radius 3 is 2.03 bits per heavy atom. The first-order valence-electron chi connectivity index (χ1n) is 9.61. The molecule has 0 fully saturated rings. The summed E-state index contributed by atoms with van der Waals surface area (Å²) in [4.78, 5) is 52.3. The van der Waals surface area contributed by atoms with Crippen molar-refractivity contribution >= 4 is 42.3 Å². The number of aliphatic carboxylic acids is 1. The van der Waals surface area contributed by atoms with Gasteiger partial charge in [-0.15, -0.1) is 0 Å². The molecule has 0 heterocycles. The van der Waals surface area contributed by atoms with Crippen molar-refractivity contribution in [3.63, 3.8) is 0 Å². The molecule has 178 valence electrons. The van der Waals surface area contributed by atoms with Crippen LogP contribution < -0.4 is 33.2 Å². The van der Waals surface area contributed by atoms with Crippen LogP contribution in [0.25, 0.3) is 0 Å². The van der Waals surface area contributed by atoms with E-state index in [1.807, 2.05) is 0 Å². The van der Waals surface area contributed by atoms with E-state index in [1.54, 1.807) is 13.8 Å². The number of thiol groups is 1. The molecular weight excluding hydrogens is 430 g/mol. The van der Waals surface area contributed by atoms with Crippen molar-refractivity contribution in [3.05, 3.63) is 0 Å². The summed E-state index contributed by atoms with van der Waals surface area (Å²) >= 11 is 3.95. The molecule has 0 aromatic heterocycles. The molecule has 14 heteroatoms. The van der Waals surface area contributed by atoms with Gasteiger partial charge in [0.1, 0.15) is 18.1 Å². The fraction of sp³-hybridized carbons (Fsp3) is 0.706. The topological polar surface area (TPSA) is 235 Å². The first-order chi connectivity index (χ1) is 14.4. The fourth-order valence-electron chi connectivity index (χ4n) is 2.37. The molecule has 0 saturated carbocycles. The lowest BCUT2D eigenvalue weighted by molar-refractivity contribution is -0.143. The van der Waals surface area contributed by atoms with Gasteiger partial charge in [-0.3, -0.25) is 19.4 Å². The third kappa shape index (κ3) is 10.8. The summed E-state index contributed by atoms with van der Waals surface area (Å²) in [5, 5.41) is 25.3. The highest BCUT2D eigenvalue weighted by Gasteiger charge is 2.31. The van der Waals surface area contributed by atoms with Crippen molar-refractivity contribution in [1.82, 2.24) is 16.0 Å². The third-order valence-corrected chi connectivity index (χ3v) is 4.55. The van der Waals surface area contributed by atoms with Crippen LogP contribution in [0.1, 0.15) is 26.7 Å². The fourth-order valence-corrected chi connectivity index (χ4v) is 2.54. The number of hydrogen-bond donors (Lipinski definition) is 9. The van der Waals surface area contributed by atoms with Crippen LogP contribution in [0.5, 0.6) is 0 Å². The lowest BCUT2D eigenvalue weighted by atomic mass is 10.0. The molecule has 0 saturated heterocycles. The summed E-state index contributed by atoms with van der Waals surface area (Å²) in [7, 11) is 0. The maximum atomic E-state index is 12.8. The van der Waals surface area contributed by atoms with E-state index in [9.17, 15) is 19.2 Å². The van der Waals surface area contributed by atoms with Gasteiger partial charge in [-0.25, -0.2) is 4.79 Å². The smallest absolute Gasteiger partial charge is 0.328 e. The zero-order valence-electron chi connectivity index (χ0n) is 17.6. The molecule has 0 aromatic carbocycles. The highest BCUT2D eigenvalue weighted by molar-refractivity contribution is 7.80. The number of nitrogens with one attached hydrogen (secondary N) is 3. The Bertz CT molecular complexity index is 657. The first-order valence-corrected chi connectivity index (χ1v) is 10.2. The van der Waals surface area contributed by atoms with Crippen LogP contribution in [-0.4, -0.2) is 82.9 Å². The van der Waals surface area contributed by atoms with Gasteiger partial charge in [-0.1, -0.05) is 13.8 Å². The molecule has 31 heavy (non-hydrogen) atoms. The minimum absolute atomic E-state index is 0.0585. The Hall–Kier alpha value is -2.58. The number of nitrogens with two attached hydrogens (primary N) is 3. The Kier molecular flexibility index (Phi) is 13.2. The van der Waals surface area contributed by atoms with Crippen molar-refractivity contribution in [3.8, 4) is 0 Å². The Balaban J connectivity index is 5.36. The summed E-state index contributed by atoms with van der Waals surface area (Å²) in [6, 6.07) is -4.62. The van der Waals surface area contributed by atoms with Crippen LogP contribution in [0.3, 0.4) is 0 Å². The average Bonchev–Trinajstić information content (AvgIpc) is 2.70. The Morgan fingerprint density at radius 1 is 1.00 bits per heavy atom. The number of carbonyl (C=O) groups is 4. The Morgan fingerprint density at radius 2 is 1.58 bits per heavy atom. The van der Waals surface area contributed by atoms with Gasteiger partial charge in [0.05, 0.1) is 12.6 Å². The minimum Gasteiger partial charge on any atom is -0.480 e. The largest absolute Gasteiger partial charge is 0.480 e. The van der Waals surface area contributed by atoms with Crippen LogP contribution in [0.2, 0.25) is 0 Å². The van der Waals surface area contributed by atoms with Gasteiger partial charge in [0, 0.05) is 12.3 Å². The molecule has 0 radical (unpaired) electrons. The van der Waals surface area contributed by atoms with Gasteiger partial charge in [0.25, 0.3) is 0 Å². The average molecular weight is 464 g/mol. The van der Waals surface area contributed by atoms with Crippen LogP contribution in [0, 0.1) is 5.92 Å². The number of guanidine groups is 1. The second-order valence-corrected chi connectivity index (χ2v) is 7.48. The van der Waals surface area contributed by atoms with Crippen LogP contribution in [0.15, 0.2) is 4.99 Å². The van der Waals surface area contributed by atoms with E-state index >= 15 is 0 Å². The number of aliphatic imine (C=N–C) groups is 1. The van der Waals surface area contributed by atoms with E-state index in [-0.39, 0.29) is 24.7 Å². The predicted octanol–water partition coefficient (Wildman–Crippen LogP) is -3.52. The minimum atomic E-state index is -1.52. The predicted molar refractivity (Wildman–Crippen MR) is 117 cm³/mol. The van der Waals surface area contributed by atoms with Gasteiger partial charge >= 0.3 is 5.97 Å². The van der Waals surface area contributed by atoms with Gasteiger partial charge in [0.15, 0.2) is 5.96 Å².